The van der Waals surface area contributed by atoms with Crippen molar-refractivity contribution in [3.8, 4) is 0 Å². The van der Waals surface area contributed by atoms with E-state index in [1.54, 1.807) is 0 Å². The molecule has 0 bridgehead atoms. The van der Waals surface area contributed by atoms with Crippen molar-refractivity contribution in [3.63, 3.8) is 0 Å². The third-order valence-corrected chi connectivity index (χ3v) is 5.31. The highest BCUT2D eigenvalue weighted by Gasteiger charge is 2.49. The van der Waals surface area contributed by atoms with Crippen LogP contribution < -0.4 is 0 Å². The van der Waals surface area contributed by atoms with E-state index in [0.29, 0.717) is 0 Å². The number of rotatable bonds is 4. The van der Waals surface area contributed by atoms with Crippen molar-refractivity contribution in [3.05, 3.63) is 0 Å². The van der Waals surface area contributed by atoms with Gasteiger partial charge < -0.3 is 4.74 Å². The standard InChI is InChI=1S/C8H6Cl12O/c9-5(10,11)3(6(12,13)14)1-21-2-4(7(15,16)17)8(18,19)20/h3-4H,1-2H2. The van der Waals surface area contributed by atoms with Crippen LogP contribution in [0.4, 0.5) is 0 Å². The number of hydrogen-bond acceptors (Lipinski definition) is 1. The molecule has 0 aliphatic heterocycles. The smallest absolute Gasteiger partial charge is 0.199 e. The molecule has 128 valence electrons. The van der Waals surface area contributed by atoms with E-state index >= 15 is 0 Å². The molecule has 13 heteroatoms. The zero-order chi connectivity index (χ0) is 17.3. The van der Waals surface area contributed by atoms with E-state index in [0.717, 1.165) is 0 Å². The monoisotopic (exact) mass is 538 g/mol. The molecular formula is C8H6Cl12O. The molecule has 0 saturated heterocycles. The van der Waals surface area contributed by atoms with Gasteiger partial charge in [-0.05, 0) is 0 Å². The van der Waals surface area contributed by atoms with Crippen LogP contribution in [0.1, 0.15) is 0 Å². The lowest BCUT2D eigenvalue weighted by Gasteiger charge is -2.33. The summed E-state index contributed by atoms with van der Waals surface area (Å²) in [5, 5.41) is 0. The summed E-state index contributed by atoms with van der Waals surface area (Å²) in [5.41, 5.74) is 0. The van der Waals surface area contributed by atoms with Crippen LogP contribution in [-0.4, -0.2) is 28.4 Å². The van der Waals surface area contributed by atoms with Crippen LogP contribution in [0.25, 0.3) is 0 Å². The second-order valence-corrected chi connectivity index (χ2v) is 13.3. The van der Waals surface area contributed by atoms with Crippen LogP contribution in [0.5, 0.6) is 0 Å². The van der Waals surface area contributed by atoms with Gasteiger partial charge in [0.15, 0.2) is 15.2 Å². The van der Waals surface area contributed by atoms with Gasteiger partial charge in [0.2, 0.25) is 0 Å². The van der Waals surface area contributed by atoms with Gasteiger partial charge >= 0.3 is 0 Å². The van der Waals surface area contributed by atoms with Gasteiger partial charge in [0.25, 0.3) is 0 Å². The summed E-state index contributed by atoms with van der Waals surface area (Å²) in [7, 11) is 0. The fourth-order valence-electron chi connectivity index (χ4n) is 1.05. The average molecular weight is 544 g/mol. The van der Waals surface area contributed by atoms with Crippen molar-refractivity contribution < 1.29 is 4.74 Å². The normalized spacial score (nSPS) is 15.1. The summed E-state index contributed by atoms with van der Waals surface area (Å²) in [4.78, 5) is 0. The minimum Gasteiger partial charge on any atom is -0.380 e. The maximum Gasteiger partial charge on any atom is 0.199 e. The molecule has 0 aromatic rings. The van der Waals surface area contributed by atoms with Crippen molar-refractivity contribution in [2.24, 2.45) is 11.8 Å². The molecule has 0 unspecified atom stereocenters. The first kappa shape index (κ1) is 24.4. The SMILES string of the molecule is ClC(Cl)(Cl)C(COCC(C(Cl)(Cl)Cl)C(Cl)(Cl)Cl)C(Cl)(Cl)Cl. The zero-order valence-electron chi connectivity index (χ0n) is 9.51. The van der Waals surface area contributed by atoms with Gasteiger partial charge in [-0.15, -0.1) is 0 Å². The summed E-state index contributed by atoms with van der Waals surface area (Å²) < 4.78 is -2.36. The fraction of sp³-hybridized carbons (Fsp3) is 1.00. The Labute approximate surface area is 182 Å². The van der Waals surface area contributed by atoms with Crippen molar-refractivity contribution in [1.82, 2.24) is 0 Å². The summed E-state index contributed by atoms with van der Waals surface area (Å²) in [6, 6.07) is 0. The number of ether oxygens (including phenoxy) is 1. The summed E-state index contributed by atoms with van der Waals surface area (Å²) in [6.07, 6.45) is 0. The molecule has 0 heterocycles. The van der Waals surface area contributed by atoms with Crippen LogP contribution in [0, 0.1) is 11.8 Å². The van der Waals surface area contributed by atoms with Crippen molar-refractivity contribution in [2.45, 2.75) is 15.2 Å². The minimum absolute atomic E-state index is 0.287. The van der Waals surface area contributed by atoms with Crippen LogP contribution in [0.2, 0.25) is 0 Å². The molecule has 0 fully saturated rings. The van der Waals surface area contributed by atoms with Crippen LogP contribution in [-0.2, 0) is 4.74 Å². The Morgan fingerprint density at radius 1 is 0.476 bits per heavy atom. The Balaban J connectivity index is 4.84. The van der Waals surface area contributed by atoms with Crippen LogP contribution in [0.15, 0.2) is 0 Å². The Kier molecular flexibility index (Phi) is 10.3. The average Bonchev–Trinajstić information content (AvgIpc) is 2.07. The predicted octanol–water partition coefficient (Wildman–Crippen LogP) is 7.72. The lowest BCUT2D eigenvalue weighted by Crippen LogP contribution is -2.39. The number of halogens is 12. The van der Waals surface area contributed by atoms with Gasteiger partial charge in [0.05, 0.1) is 25.0 Å². The third-order valence-electron chi connectivity index (χ3n) is 2.15. The molecule has 0 amide bonds. The molecule has 0 rings (SSSR count). The van der Waals surface area contributed by atoms with E-state index in [9.17, 15) is 0 Å². The molecule has 0 radical (unpaired) electrons. The van der Waals surface area contributed by atoms with Crippen molar-refractivity contribution in [2.75, 3.05) is 13.2 Å². The maximum atomic E-state index is 5.72. The van der Waals surface area contributed by atoms with Gasteiger partial charge in [-0.25, -0.2) is 0 Å². The topological polar surface area (TPSA) is 9.23 Å². The number of hydrogen-bond donors (Lipinski definition) is 0. The highest BCUT2D eigenvalue weighted by Crippen LogP contribution is 2.50. The van der Waals surface area contributed by atoms with Crippen molar-refractivity contribution >= 4 is 139 Å². The van der Waals surface area contributed by atoms with E-state index < -0.39 is 27.0 Å². The molecule has 21 heavy (non-hydrogen) atoms. The lowest BCUT2D eigenvalue weighted by molar-refractivity contribution is 0.0744. The summed E-state index contributed by atoms with van der Waals surface area (Å²) in [5.74, 6) is -2.21. The quantitative estimate of drug-likeness (QED) is 0.330. The summed E-state index contributed by atoms with van der Waals surface area (Å²) in [6.45, 7) is -0.573. The molecular weight excluding hydrogens is 538 g/mol. The van der Waals surface area contributed by atoms with Gasteiger partial charge in [0, 0.05) is 0 Å². The Morgan fingerprint density at radius 2 is 0.667 bits per heavy atom. The molecule has 0 aliphatic rings. The van der Waals surface area contributed by atoms with E-state index in [4.69, 9.17) is 144 Å². The van der Waals surface area contributed by atoms with Gasteiger partial charge in [-0.2, -0.15) is 0 Å². The molecule has 0 aromatic carbocycles. The minimum atomic E-state index is -1.90. The number of alkyl halides is 12. The van der Waals surface area contributed by atoms with Gasteiger partial charge in [-0.1, -0.05) is 139 Å². The van der Waals surface area contributed by atoms with Crippen molar-refractivity contribution in [1.29, 1.82) is 0 Å². The van der Waals surface area contributed by atoms with E-state index in [-0.39, 0.29) is 13.2 Å². The fourth-order valence-corrected chi connectivity index (χ4v) is 4.78. The molecule has 0 aromatic heterocycles. The van der Waals surface area contributed by atoms with E-state index in [2.05, 4.69) is 0 Å². The molecule has 0 aliphatic carbocycles. The largest absolute Gasteiger partial charge is 0.380 e. The van der Waals surface area contributed by atoms with Gasteiger partial charge in [0.1, 0.15) is 0 Å². The Bertz CT molecular complexity index is 260. The van der Waals surface area contributed by atoms with Crippen LogP contribution >= 0.6 is 139 Å². The summed E-state index contributed by atoms with van der Waals surface area (Å²) >= 11 is 68.6. The molecule has 1 nitrogen and oxygen atoms in total. The van der Waals surface area contributed by atoms with E-state index in [1.165, 1.54) is 0 Å². The van der Waals surface area contributed by atoms with Gasteiger partial charge in [-0.3, -0.25) is 0 Å². The predicted molar refractivity (Wildman–Crippen MR) is 99.0 cm³/mol. The Hall–Kier alpha value is 3.44. The zero-order valence-corrected chi connectivity index (χ0v) is 18.6. The molecule has 0 saturated carbocycles. The first-order chi connectivity index (χ1) is 8.97. The van der Waals surface area contributed by atoms with E-state index in [1.807, 2.05) is 0 Å². The first-order valence-corrected chi connectivity index (χ1v) is 9.35. The highest BCUT2D eigenvalue weighted by molar-refractivity contribution is 6.73. The third kappa shape index (κ3) is 9.64. The molecule has 0 N–H and O–H groups in total. The highest BCUT2D eigenvalue weighted by atomic mass is 35.6. The Morgan fingerprint density at radius 3 is 0.810 bits per heavy atom. The second kappa shape index (κ2) is 8.89. The van der Waals surface area contributed by atoms with Crippen LogP contribution in [0.3, 0.4) is 0 Å². The molecule has 0 spiro atoms. The maximum absolute atomic E-state index is 5.72. The molecule has 0 atom stereocenters. The lowest BCUT2D eigenvalue weighted by atomic mass is 10.2. The second-order valence-electron chi connectivity index (χ2n) is 3.81. The first-order valence-electron chi connectivity index (χ1n) is 4.82.